The number of aromatic amines is 1. The number of aromatic nitrogens is 4. The van der Waals surface area contributed by atoms with Crippen molar-refractivity contribution in [3.8, 4) is 11.3 Å². The molecular formula is C14H15N5O. The molecule has 0 radical (unpaired) electrons. The second-order valence-corrected chi connectivity index (χ2v) is 4.57. The highest BCUT2D eigenvalue weighted by Gasteiger charge is 2.12. The Morgan fingerprint density at radius 2 is 2.15 bits per heavy atom. The third-order valence-electron chi connectivity index (χ3n) is 3.31. The molecule has 0 amide bonds. The van der Waals surface area contributed by atoms with Crippen LogP contribution in [0.4, 0.5) is 5.95 Å². The molecular weight excluding hydrogens is 254 g/mol. The Labute approximate surface area is 116 Å². The Balaban J connectivity index is 2.18. The topological polar surface area (TPSA) is 89.7 Å². The van der Waals surface area contributed by atoms with E-state index in [1.54, 1.807) is 13.3 Å². The molecule has 0 saturated carbocycles. The molecule has 6 heteroatoms. The molecule has 3 N–H and O–H groups in total. The van der Waals surface area contributed by atoms with Gasteiger partial charge in [0, 0.05) is 12.7 Å². The summed E-state index contributed by atoms with van der Waals surface area (Å²) >= 11 is 0. The maximum Gasteiger partial charge on any atom is 0.222 e. The average molecular weight is 269 g/mol. The predicted octanol–water partition coefficient (Wildman–Crippen LogP) is 2.31. The van der Waals surface area contributed by atoms with Gasteiger partial charge in [-0.1, -0.05) is 18.2 Å². The molecule has 1 atom stereocenters. The zero-order chi connectivity index (χ0) is 14.1. The highest BCUT2D eigenvalue weighted by molar-refractivity contribution is 5.90. The third-order valence-corrected chi connectivity index (χ3v) is 3.31. The summed E-state index contributed by atoms with van der Waals surface area (Å²) in [5.41, 5.74) is 9.20. The van der Waals surface area contributed by atoms with Crippen molar-refractivity contribution in [1.82, 2.24) is 20.2 Å². The van der Waals surface area contributed by atoms with Crippen LogP contribution in [-0.4, -0.2) is 27.3 Å². The van der Waals surface area contributed by atoms with Crippen LogP contribution in [0.25, 0.3) is 22.3 Å². The van der Waals surface area contributed by atoms with Gasteiger partial charge >= 0.3 is 0 Å². The van der Waals surface area contributed by atoms with Crippen LogP contribution in [0.5, 0.6) is 0 Å². The molecule has 0 fully saturated rings. The second-order valence-electron chi connectivity index (χ2n) is 4.57. The number of benzene rings is 1. The fourth-order valence-electron chi connectivity index (χ4n) is 2.15. The lowest BCUT2D eigenvalue weighted by Gasteiger charge is -2.11. The number of ether oxygens (including phenoxy) is 1. The maximum atomic E-state index is 5.75. The van der Waals surface area contributed by atoms with Crippen LogP contribution in [-0.2, 0) is 4.74 Å². The fourth-order valence-corrected chi connectivity index (χ4v) is 2.15. The molecule has 0 aliphatic carbocycles. The zero-order valence-corrected chi connectivity index (χ0v) is 11.3. The molecule has 2 aromatic heterocycles. The molecule has 1 unspecified atom stereocenters. The lowest BCUT2D eigenvalue weighted by atomic mass is 10.0. The van der Waals surface area contributed by atoms with E-state index in [0.717, 1.165) is 22.2 Å². The van der Waals surface area contributed by atoms with E-state index in [-0.39, 0.29) is 12.1 Å². The quantitative estimate of drug-likeness (QED) is 0.761. The molecule has 3 aromatic rings. The number of H-pyrrole nitrogens is 1. The van der Waals surface area contributed by atoms with E-state index >= 15 is 0 Å². The van der Waals surface area contributed by atoms with Crippen LogP contribution in [0.2, 0.25) is 0 Å². The lowest BCUT2D eigenvalue weighted by Crippen LogP contribution is -1.99. The number of fused-ring (bicyclic) bond motifs is 1. The van der Waals surface area contributed by atoms with Crippen LogP contribution in [0.15, 0.2) is 30.5 Å². The normalized spacial score (nSPS) is 12.7. The van der Waals surface area contributed by atoms with Crippen molar-refractivity contribution in [2.45, 2.75) is 13.0 Å². The summed E-state index contributed by atoms with van der Waals surface area (Å²) in [4.78, 5) is 8.46. The first-order valence-electron chi connectivity index (χ1n) is 6.28. The summed E-state index contributed by atoms with van der Waals surface area (Å²) in [6, 6.07) is 8.03. The van der Waals surface area contributed by atoms with Gasteiger partial charge in [-0.25, -0.2) is 4.98 Å². The number of rotatable bonds is 3. The molecule has 3 rings (SSSR count). The predicted molar refractivity (Wildman–Crippen MR) is 77.0 cm³/mol. The van der Waals surface area contributed by atoms with Crippen molar-refractivity contribution in [3.05, 3.63) is 36.0 Å². The van der Waals surface area contributed by atoms with E-state index in [4.69, 9.17) is 10.5 Å². The van der Waals surface area contributed by atoms with Gasteiger partial charge in [-0.15, -0.1) is 0 Å². The highest BCUT2D eigenvalue weighted by Crippen LogP contribution is 2.28. The minimum atomic E-state index is 0.0222. The van der Waals surface area contributed by atoms with Crippen molar-refractivity contribution >= 4 is 17.0 Å². The van der Waals surface area contributed by atoms with Gasteiger partial charge in [0.15, 0.2) is 5.65 Å². The van der Waals surface area contributed by atoms with Crippen LogP contribution >= 0.6 is 0 Å². The average Bonchev–Trinajstić information content (AvgIpc) is 2.93. The van der Waals surface area contributed by atoms with Gasteiger partial charge in [0.05, 0.1) is 23.4 Å². The number of hydrogen-bond acceptors (Lipinski definition) is 5. The number of nitrogens with one attached hydrogen (secondary N) is 1. The van der Waals surface area contributed by atoms with Crippen LogP contribution in [0.1, 0.15) is 18.6 Å². The Morgan fingerprint density at radius 1 is 1.30 bits per heavy atom. The van der Waals surface area contributed by atoms with Gasteiger partial charge in [-0.3, -0.25) is 5.10 Å². The molecule has 0 aliphatic rings. The summed E-state index contributed by atoms with van der Waals surface area (Å²) < 4.78 is 5.35. The molecule has 20 heavy (non-hydrogen) atoms. The number of anilines is 1. The Hall–Kier alpha value is -2.47. The van der Waals surface area contributed by atoms with Crippen molar-refractivity contribution < 1.29 is 4.74 Å². The van der Waals surface area contributed by atoms with Gasteiger partial charge in [0.25, 0.3) is 0 Å². The summed E-state index contributed by atoms with van der Waals surface area (Å²) in [5, 5.41) is 7.66. The van der Waals surface area contributed by atoms with Crippen molar-refractivity contribution in [2.75, 3.05) is 12.8 Å². The van der Waals surface area contributed by atoms with E-state index in [0.29, 0.717) is 5.65 Å². The molecule has 0 bridgehead atoms. The lowest BCUT2D eigenvalue weighted by molar-refractivity contribution is 0.119. The molecule has 0 aliphatic heterocycles. The third kappa shape index (κ3) is 2.10. The largest absolute Gasteiger partial charge is 0.377 e. The molecule has 0 spiro atoms. The summed E-state index contributed by atoms with van der Waals surface area (Å²) in [6.45, 7) is 2.00. The number of nitrogens with zero attached hydrogens (tertiary/aromatic N) is 3. The summed E-state index contributed by atoms with van der Waals surface area (Å²) in [6.07, 6.45) is 1.73. The van der Waals surface area contributed by atoms with E-state index in [1.165, 1.54) is 0 Å². The van der Waals surface area contributed by atoms with Gasteiger partial charge in [0.2, 0.25) is 5.95 Å². The van der Waals surface area contributed by atoms with Crippen LogP contribution in [0, 0.1) is 0 Å². The fraction of sp³-hybridized carbons (Fsp3) is 0.214. The standard InChI is InChI=1S/C14H15N5O/c1-8(20-2)9-4-3-5-10(6-9)12-11-7-16-19-13(11)18-14(15)17-12/h3-8H,1-2H3,(H3,15,16,17,18,19). The first kappa shape index (κ1) is 12.6. The van der Waals surface area contributed by atoms with Crippen molar-refractivity contribution in [1.29, 1.82) is 0 Å². The number of nitrogen functional groups attached to an aromatic ring is 1. The van der Waals surface area contributed by atoms with E-state index in [2.05, 4.69) is 20.2 Å². The van der Waals surface area contributed by atoms with Crippen LogP contribution in [0.3, 0.4) is 0 Å². The smallest absolute Gasteiger partial charge is 0.222 e. The highest BCUT2D eigenvalue weighted by atomic mass is 16.5. The molecule has 6 nitrogen and oxygen atoms in total. The minimum absolute atomic E-state index is 0.0222. The SMILES string of the molecule is COC(C)c1cccc(-c2nc(N)nc3[nH]ncc23)c1. The van der Waals surface area contributed by atoms with Crippen LogP contribution < -0.4 is 5.73 Å². The monoisotopic (exact) mass is 269 g/mol. The number of hydrogen-bond donors (Lipinski definition) is 2. The molecule has 1 aromatic carbocycles. The van der Waals surface area contributed by atoms with Gasteiger partial charge in [-0.05, 0) is 18.6 Å². The first-order chi connectivity index (χ1) is 9.69. The van der Waals surface area contributed by atoms with E-state index in [1.807, 2.05) is 31.2 Å². The van der Waals surface area contributed by atoms with Crippen molar-refractivity contribution in [2.24, 2.45) is 0 Å². The van der Waals surface area contributed by atoms with Gasteiger partial charge in [0.1, 0.15) is 0 Å². The Morgan fingerprint density at radius 3 is 2.95 bits per heavy atom. The number of nitrogens with two attached hydrogens (primary N) is 1. The van der Waals surface area contributed by atoms with Crippen molar-refractivity contribution in [3.63, 3.8) is 0 Å². The van der Waals surface area contributed by atoms with E-state index < -0.39 is 0 Å². The zero-order valence-electron chi connectivity index (χ0n) is 11.3. The maximum absolute atomic E-state index is 5.75. The van der Waals surface area contributed by atoms with Gasteiger partial charge < -0.3 is 10.5 Å². The molecule has 2 heterocycles. The first-order valence-corrected chi connectivity index (χ1v) is 6.28. The summed E-state index contributed by atoms with van der Waals surface area (Å²) in [7, 11) is 1.69. The van der Waals surface area contributed by atoms with E-state index in [9.17, 15) is 0 Å². The number of methoxy groups -OCH3 is 1. The molecule has 0 saturated heterocycles. The second kappa shape index (κ2) is 4.90. The Kier molecular flexibility index (Phi) is 3.08. The minimum Gasteiger partial charge on any atom is -0.377 e. The summed E-state index contributed by atoms with van der Waals surface area (Å²) in [5.74, 6) is 0.224. The van der Waals surface area contributed by atoms with Gasteiger partial charge in [-0.2, -0.15) is 10.1 Å². The molecule has 102 valence electrons. The Bertz CT molecular complexity index is 752.